The minimum atomic E-state index is 0.506. The van der Waals surface area contributed by atoms with Crippen molar-refractivity contribution in [2.75, 3.05) is 44.8 Å². The average Bonchev–Trinajstić information content (AvgIpc) is 2.86. The van der Waals surface area contributed by atoms with Crippen molar-refractivity contribution < 1.29 is 4.74 Å². The lowest BCUT2D eigenvalue weighted by atomic mass is 10.1. The Labute approximate surface area is 109 Å². The molecule has 2 fully saturated rings. The Morgan fingerprint density at radius 2 is 2.06 bits per heavy atom. The van der Waals surface area contributed by atoms with Gasteiger partial charge >= 0.3 is 0 Å². The zero-order chi connectivity index (χ0) is 12.4. The number of nitrogens with zero attached hydrogens (tertiary/aromatic N) is 3. The van der Waals surface area contributed by atoms with Crippen LogP contribution in [0, 0.1) is 0 Å². The highest BCUT2D eigenvalue weighted by molar-refractivity contribution is 5.40. The average molecular weight is 247 g/mol. The predicted molar refractivity (Wildman–Crippen MR) is 71.9 cm³/mol. The smallest absolute Gasteiger partial charge is 0.129 e. The highest BCUT2D eigenvalue weighted by Gasteiger charge is 2.24. The molecule has 0 amide bonds. The molecule has 0 aromatic carbocycles. The van der Waals surface area contributed by atoms with Gasteiger partial charge in [0.1, 0.15) is 5.82 Å². The van der Waals surface area contributed by atoms with Crippen LogP contribution in [0.5, 0.6) is 0 Å². The van der Waals surface area contributed by atoms with Gasteiger partial charge in [0.25, 0.3) is 0 Å². The molecular weight excluding hydrogens is 226 g/mol. The first-order valence-electron chi connectivity index (χ1n) is 6.84. The molecule has 0 bridgehead atoms. The van der Waals surface area contributed by atoms with Gasteiger partial charge in [-0.15, -0.1) is 0 Å². The molecule has 0 N–H and O–H groups in total. The molecule has 0 saturated carbocycles. The van der Waals surface area contributed by atoms with E-state index in [9.17, 15) is 0 Å². The number of rotatable bonds is 2. The van der Waals surface area contributed by atoms with E-state index in [1.807, 2.05) is 0 Å². The quantitative estimate of drug-likeness (QED) is 0.795. The van der Waals surface area contributed by atoms with Crippen molar-refractivity contribution in [3.05, 3.63) is 23.9 Å². The lowest BCUT2D eigenvalue weighted by molar-refractivity contribution is 0.122. The summed E-state index contributed by atoms with van der Waals surface area (Å²) in [6, 6.07) is 6.92. The Kier molecular flexibility index (Phi) is 3.48. The number of hydrogen-bond acceptors (Lipinski definition) is 4. The van der Waals surface area contributed by atoms with Gasteiger partial charge in [0, 0.05) is 13.1 Å². The third-order valence-corrected chi connectivity index (χ3v) is 3.95. The molecule has 1 aromatic heterocycles. The van der Waals surface area contributed by atoms with Crippen LogP contribution in [0.1, 0.15) is 24.6 Å². The SMILES string of the molecule is CN1CCCC1c1cccc(N2CCOCC2)n1. The minimum Gasteiger partial charge on any atom is -0.378 e. The Bertz CT molecular complexity index is 404. The lowest BCUT2D eigenvalue weighted by Crippen LogP contribution is -2.37. The van der Waals surface area contributed by atoms with Crippen LogP contribution in [0.4, 0.5) is 5.82 Å². The van der Waals surface area contributed by atoms with Crippen molar-refractivity contribution in [3.63, 3.8) is 0 Å². The highest BCUT2D eigenvalue weighted by atomic mass is 16.5. The second kappa shape index (κ2) is 5.24. The number of likely N-dealkylation sites (tertiary alicyclic amines) is 1. The van der Waals surface area contributed by atoms with Gasteiger partial charge in [0.05, 0.1) is 24.9 Å². The molecule has 98 valence electrons. The Hall–Kier alpha value is -1.13. The third-order valence-electron chi connectivity index (χ3n) is 3.95. The third kappa shape index (κ3) is 2.35. The molecule has 18 heavy (non-hydrogen) atoms. The molecule has 2 aliphatic rings. The Morgan fingerprint density at radius 1 is 1.22 bits per heavy atom. The molecule has 0 spiro atoms. The van der Waals surface area contributed by atoms with E-state index in [1.54, 1.807) is 0 Å². The first-order valence-corrected chi connectivity index (χ1v) is 6.84. The minimum absolute atomic E-state index is 0.506. The van der Waals surface area contributed by atoms with Crippen LogP contribution in [0.3, 0.4) is 0 Å². The molecule has 4 heteroatoms. The highest BCUT2D eigenvalue weighted by Crippen LogP contribution is 2.30. The van der Waals surface area contributed by atoms with E-state index in [0.29, 0.717) is 6.04 Å². The van der Waals surface area contributed by atoms with Crippen LogP contribution in [-0.4, -0.2) is 49.8 Å². The van der Waals surface area contributed by atoms with Crippen molar-refractivity contribution in [2.24, 2.45) is 0 Å². The van der Waals surface area contributed by atoms with E-state index in [1.165, 1.54) is 25.1 Å². The summed E-state index contributed by atoms with van der Waals surface area (Å²) in [5.41, 5.74) is 1.22. The van der Waals surface area contributed by atoms with Crippen LogP contribution in [-0.2, 0) is 4.74 Å². The maximum absolute atomic E-state index is 5.39. The van der Waals surface area contributed by atoms with E-state index in [4.69, 9.17) is 9.72 Å². The number of hydrogen-bond donors (Lipinski definition) is 0. The second-order valence-electron chi connectivity index (χ2n) is 5.16. The van der Waals surface area contributed by atoms with Crippen molar-refractivity contribution in [3.8, 4) is 0 Å². The molecule has 1 atom stereocenters. The lowest BCUT2D eigenvalue weighted by Gasteiger charge is -2.29. The summed E-state index contributed by atoms with van der Waals surface area (Å²) >= 11 is 0. The van der Waals surface area contributed by atoms with Crippen molar-refractivity contribution in [1.29, 1.82) is 0 Å². The van der Waals surface area contributed by atoms with E-state index in [0.717, 1.165) is 32.1 Å². The van der Waals surface area contributed by atoms with E-state index in [2.05, 4.69) is 35.0 Å². The van der Waals surface area contributed by atoms with Gasteiger partial charge in [-0.2, -0.15) is 0 Å². The topological polar surface area (TPSA) is 28.6 Å². The molecule has 1 unspecified atom stereocenters. The Balaban J connectivity index is 1.79. The first-order chi connectivity index (χ1) is 8.84. The molecular formula is C14H21N3O. The zero-order valence-electron chi connectivity index (χ0n) is 11.0. The summed E-state index contributed by atoms with van der Waals surface area (Å²) in [5, 5.41) is 0. The predicted octanol–water partition coefficient (Wildman–Crippen LogP) is 1.68. The van der Waals surface area contributed by atoms with Crippen molar-refractivity contribution in [2.45, 2.75) is 18.9 Å². The summed E-state index contributed by atoms with van der Waals surface area (Å²) in [5.74, 6) is 1.11. The van der Waals surface area contributed by atoms with Gasteiger partial charge in [-0.25, -0.2) is 4.98 Å². The standard InChI is InChI=1S/C14H21N3O/c1-16-7-3-5-13(16)12-4-2-6-14(15-12)17-8-10-18-11-9-17/h2,4,6,13H,3,5,7-11H2,1H3. The summed E-state index contributed by atoms with van der Waals surface area (Å²) < 4.78 is 5.39. The number of pyridine rings is 1. The molecule has 2 saturated heterocycles. The molecule has 3 rings (SSSR count). The zero-order valence-corrected chi connectivity index (χ0v) is 11.0. The van der Waals surface area contributed by atoms with Crippen molar-refractivity contribution >= 4 is 5.82 Å². The molecule has 3 heterocycles. The molecule has 2 aliphatic heterocycles. The fraction of sp³-hybridized carbons (Fsp3) is 0.643. The first kappa shape index (κ1) is 11.9. The van der Waals surface area contributed by atoms with E-state index in [-0.39, 0.29) is 0 Å². The summed E-state index contributed by atoms with van der Waals surface area (Å²) in [6.45, 7) is 4.73. The fourth-order valence-corrected chi connectivity index (χ4v) is 2.88. The Morgan fingerprint density at radius 3 is 2.78 bits per heavy atom. The largest absolute Gasteiger partial charge is 0.378 e. The van der Waals surface area contributed by atoms with Crippen molar-refractivity contribution in [1.82, 2.24) is 9.88 Å². The molecule has 1 aromatic rings. The van der Waals surface area contributed by atoms with E-state index < -0.39 is 0 Å². The van der Waals surface area contributed by atoms with Gasteiger partial charge in [0.15, 0.2) is 0 Å². The van der Waals surface area contributed by atoms with Gasteiger partial charge in [-0.3, -0.25) is 4.90 Å². The summed E-state index contributed by atoms with van der Waals surface area (Å²) in [6.07, 6.45) is 2.51. The van der Waals surface area contributed by atoms with Gasteiger partial charge in [0.2, 0.25) is 0 Å². The maximum Gasteiger partial charge on any atom is 0.129 e. The van der Waals surface area contributed by atoms with Crippen LogP contribution >= 0.6 is 0 Å². The van der Waals surface area contributed by atoms with Gasteiger partial charge in [-0.05, 0) is 38.6 Å². The molecule has 0 radical (unpaired) electrons. The second-order valence-corrected chi connectivity index (χ2v) is 5.16. The number of aromatic nitrogens is 1. The van der Waals surface area contributed by atoms with Gasteiger partial charge in [-0.1, -0.05) is 6.07 Å². The van der Waals surface area contributed by atoms with Crippen LogP contribution in [0.25, 0.3) is 0 Å². The number of morpholine rings is 1. The normalized spacial score (nSPS) is 25.6. The van der Waals surface area contributed by atoms with E-state index >= 15 is 0 Å². The van der Waals surface area contributed by atoms with Crippen LogP contribution in [0.2, 0.25) is 0 Å². The number of anilines is 1. The monoisotopic (exact) mass is 247 g/mol. The summed E-state index contributed by atoms with van der Waals surface area (Å²) in [4.78, 5) is 9.59. The van der Waals surface area contributed by atoms with Crippen LogP contribution in [0.15, 0.2) is 18.2 Å². The van der Waals surface area contributed by atoms with Gasteiger partial charge < -0.3 is 9.64 Å². The fourth-order valence-electron chi connectivity index (χ4n) is 2.88. The number of ether oxygens (including phenoxy) is 1. The maximum atomic E-state index is 5.39. The van der Waals surface area contributed by atoms with Crippen LogP contribution < -0.4 is 4.90 Å². The molecule has 4 nitrogen and oxygen atoms in total. The summed E-state index contributed by atoms with van der Waals surface area (Å²) in [7, 11) is 2.20. The molecule has 0 aliphatic carbocycles.